The fraction of sp³-hybridized carbons (Fsp3) is 0.100. The molecule has 9 rings (SSSR count). The van der Waals surface area contributed by atoms with Gasteiger partial charge in [-0.1, -0.05) is 130 Å². The highest BCUT2D eigenvalue weighted by atomic mass is 16.8. The highest BCUT2D eigenvalue weighted by Crippen LogP contribution is 2.46. The lowest BCUT2D eigenvalue weighted by atomic mass is 9.97. The molecule has 0 N–H and O–H groups in total. The van der Waals surface area contributed by atoms with Gasteiger partial charge in [-0.25, -0.2) is 9.47 Å². The van der Waals surface area contributed by atoms with Gasteiger partial charge in [0.15, 0.2) is 12.4 Å². The van der Waals surface area contributed by atoms with Gasteiger partial charge in [0.25, 0.3) is 11.0 Å². The fourth-order valence-electron chi connectivity index (χ4n) is 7.11. The van der Waals surface area contributed by atoms with E-state index in [9.17, 15) is 0 Å². The molecule has 4 nitrogen and oxygen atoms in total. The maximum Gasteiger partial charge on any atom is 0.623 e. The molecule has 0 saturated carbocycles. The van der Waals surface area contributed by atoms with Gasteiger partial charge in [-0.2, -0.15) is 0 Å². The number of hydrogen-bond acceptors (Lipinski definition) is 2. The SMILES string of the molecule is c1ccc(-c2cc[n+]3c4c2ccc2c(-c5ccccc5)cc[n+](c24)C32OC(c3ccccc3)CC(c3ccccc3)O2)cc1. The minimum absolute atomic E-state index is 0.183. The first-order valence-electron chi connectivity index (χ1n) is 15.2. The van der Waals surface area contributed by atoms with E-state index in [1.807, 2.05) is 0 Å². The fourth-order valence-corrected chi connectivity index (χ4v) is 7.11. The van der Waals surface area contributed by atoms with E-state index in [-0.39, 0.29) is 12.2 Å². The van der Waals surface area contributed by atoms with Crippen molar-refractivity contribution < 1.29 is 18.6 Å². The van der Waals surface area contributed by atoms with Crippen molar-refractivity contribution in [3.8, 4) is 22.3 Å². The molecule has 2 atom stereocenters. The molecule has 1 saturated heterocycles. The van der Waals surface area contributed by atoms with Gasteiger partial charge in [-0.3, -0.25) is 0 Å². The predicted octanol–water partition coefficient (Wildman–Crippen LogP) is 8.25. The standard InChI is InChI=1S/C40H30N2O2/c1-5-13-28(14-6-1)32-23-25-41-38-34(32)21-22-35-33(29-15-7-2-8-16-29)24-26-42(39(35)38)40(41)43-36(30-17-9-3-10-18-30)27-37(44-40)31-19-11-4-12-20-31/h1-26,36-37H,27H2/q+2. The summed E-state index contributed by atoms with van der Waals surface area (Å²) >= 11 is 0. The van der Waals surface area contributed by atoms with E-state index in [0.717, 1.165) is 32.9 Å². The number of aromatic nitrogens is 2. The average Bonchev–Trinajstić information content (AvgIpc) is 3.37. The van der Waals surface area contributed by atoms with Crippen LogP contribution in [0.5, 0.6) is 0 Å². The molecule has 210 valence electrons. The summed E-state index contributed by atoms with van der Waals surface area (Å²) in [6.07, 6.45) is 4.64. The van der Waals surface area contributed by atoms with E-state index < -0.39 is 6.03 Å². The molecular formula is C40H30N2O2+2. The van der Waals surface area contributed by atoms with E-state index in [1.54, 1.807) is 0 Å². The summed E-state index contributed by atoms with van der Waals surface area (Å²) in [4.78, 5) is 0. The molecule has 0 amide bonds. The van der Waals surface area contributed by atoms with E-state index in [2.05, 4.69) is 167 Å². The highest BCUT2D eigenvalue weighted by molar-refractivity contribution is 6.09. The Balaban J connectivity index is 1.34. The van der Waals surface area contributed by atoms with Crippen LogP contribution in [0.25, 0.3) is 44.1 Å². The third kappa shape index (κ3) is 3.78. The lowest BCUT2D eigenvalue weighted by molar-refractivity contribution is -1.06. The summed E-state index contributed by atoms with van der Waals surface area (Å²) in [6, 6.07) is 50.0. The molecule has 0 aliphatic carbocycles. The van der Waals surface area contributed by atoms with E-state index >= 15 is 0 Å². The number of rotatable bonds is 4. The van der Waals surface area contributed by atoms with Crippen molar-refractivity contribution >= 4 is 21.8 Å². The van der Waals surface area contributed by atoms with Gasteiger partial charge in [0.05, 0.1) is 10.8 Å². The molecule has 4 heteroatoms. The summed E-state index contributed by atoms with van der Waals surface area (Å²) in [5.41, 5.74) is 9.21. The molecule has 2 aromatic heterocycles. The van der Waals surface area contributed by atoms with Crippen molar-refractivity contribution in [3.63, 3.8) is 0 Å². The number of ether oxygens (including phenoxy) is 2. The smallest absolute Gasteiger partial charge is 0.224 e. The van der Waals surface area contributed by atoms with Crippen LogP contribution < -0.4 is 9.13 Å². The van der Waals surface area contributed by atoms with Crippen LogP contribution in [0.3, 0.4) is 0 Å². The Bertz CT molecular complexity index is 1990. The van der Waals surface area contributed by atoms with E-state index in [4.69, 9.17) is 9.47 Å². The van der Waals surface area contributed by atoms with Gasteiger partial charge in [-0.05, 0) is 34.4 Å². The first-order valence-corrected chi connectivity index (χ1v) is 15.2. The van der Waals surface area contributed by atoms with Crippen molar-refractivity contribution in [1.29, 1.82) is 0 Å². The van der Waals surface area contributed by atoms with Crippen molar-refractivity contribution in [1.82, 2.24) is 0 Å². The molecule has 5 aromatic carbocycles. The Hall–Kier alpha value is -5.16. The summed E-state index contributed by atoms with van der Waals surface area (Å²) in [5, 5.41) is 2.32. The second kappa shape index (κ2) is 9.95. The van der Waals surface area contributed by atoms with Crippen LogP contribution in [0.2, 0.25) is 0 Å². The molecule has 0 radical (unpaired) electrons. The Kier molecular flexibility index (Phi) is 5.73. The molecule has 2 aliphatic rings. The lowest BCUT2D eigenvalue weighted by Crippen LogP contribution is -2.74. The quantitative estimate of drug-likeness (QED) is 0.157. The second-order valence-corrected chi connectivity index (χ2v) is 11.6. The van der Waals surface area contributed by atoms with Crippen LogP contribution in [-0.2, 0) is 15.5 Å². The molecule has 2 unspecified atom stereocenters. The van der Waals surface area contributed by atoms with Gasteiger partial charge in [0.2, 0.25) is 0 Å². The third-order valence-electron chi connectivity index (χ3n) is 9.13. The topological polar surface area (TPSA) is 26.2 Å². The van der Waals surface area contributed by atoms with Crippen LogP contribution in [0.4, 0.5) is 0 Å². The van der Waals surface area contributed by atoms with Crippen molar-refractivity contribution in [2.45, 2.75) is 24.7 Å². The van der Waals surface area contributed by atoms with Gasteiger partial charge in [0.1, 0.15) is 12.2 Å². The zero-order valence-electron chi connectivity index (χ0n) is 24.1. The number of hydrogen-bond donors (Lipinski definition) is 0. The average molecular weight is 571 g/mol. The summed E-state index contributed by atoms with van der Waals surface area (Å²) in [5.74, 6) is 0. The van der Waals surface area contributed by atoms with Crippen LogP contribution in [-0.4, -0.2) is 0 Å². The van der Waals surface area contributed by atoms with Crippen molar-refractivity contribution in [3.05, 3.63) is 169 Å². The third-order valence-corrected chi connectivity index (χ3v) is 9.13. The zero-order valence-corrected chi connectivity index (χ0v) is 24.1. The normalized spacial score (nSPS) is 18.4. The predicted molar refractivity (Wildman–Crippen MR) is 171 cm³/mol. The van der Waals surface area contributed by atoms with Gasteiger partial charge in [-0.15, -0.1) is 0 Å². The summed E-state index contributed by atoms with van der Waals surface area (Å²) < 4.78 is 18.9. The number of fused-ring (bicyclic) bond motifs is 2. The van der Waals surface area contributed by atoms with Gasteiger partial charge >= 0.3 is 6.03 Å². The van der Waals surface area contributed by atoms with Crippen LogP contribution in [0, 0.1) is 0 Å². The monoisotopic (exact) mass is 570 g/mol. The first kappa shape index (κ1) is 25.3. The van der Waals surface area contributed by atoms with Gasteiger partial charge in [0, 0.05) is 29.7 Å². The summed E-state index contributed by atoms with van der Waals surface area (Å²) in [6.45, 7) is 0. The Morgan fingerprint density at radius 1 is 0.455 bits per heavy atom. The van der Waals surface area contributed by atoms with E-state index in [1.165, 1.54) is 22.3 Å². The van der Waals surface area contributed by atoms with Crippen LogP contribution in [0.1, 0.15) is 29.8 Å². The lowest BCUT2D eigenvalue weighted by Gasteiger charge is -2.34. The minimum Gasteiger partial charge on any atom is -0.224 e. The molecule has 44 heavy (non-hydrogen) atoms. The van der Waals surface area contributed by atoms with Crippen molar-refractivity contribution in [2.75, 3.05) is 0 Å². The Morgan fingerprint density at radius 2 is 0.841 bits per heavy atom. The highest BCUT2D eigenvalue weighted by Gasteiger charge is 2.67. The number of pyridine rings is 2. The molecule has 4 heterocycles. The molecule has 2 aliphatic heterocycles. The number of nitrogens with zero attached hydrogens (tertiary/aromatic N) is 2. The molecular weight excluding hydrogens is 540 g/mol. The van der Waals surface area contributed by atoms with Crippen LogP contribution in [0.15, 0.2) is 158 Å². The summed E-state index contributed by atoms with van der Waals surface area (Å²) in [7, 11) is 0. The van der Waals surface area contributed by atoms with E-state index in [0.29, 0.717) is 6.42 Å². The maximum atomic E-state index is 7.23. The Labute approximate surface area is 256 Å². The second-order valence-electron chi connectivity index (χ2n) is 11.6. The van der Waals surface area contributed by atoms with Crippen LogP contribution >= 0.6 is 0 Å². The number of benzene rings is 5. The Morgan fingerprint density at radius 3 is 1.25 bits per heavy atom. The van der Waals surface area contributed by atoms with Crippen molar-refractivity contribution in [2.24, 2.45) is 0 Å². The van der Waals surface area contributed by atoms with Gasteiger partial charge < -0.3 is 0 Å². The molecule has 1 spiro atoms. The molecule has 1 fully saturated rings. The first-order chi connectivity index (χ1) is 21.8. The zero-order chi connectivity index (χ0) is 29.1. The minimum atomic E-state index is -1.22. The molecule has 7 aromatic rings. The molecule has 0 bridgehead atoms. The maximum absolute atomic E-state index is 7.23. The largest absolute Gasteiger partial charge is 0.623 e.